The molecule has 0 aliphatic carbocycles. The van der Waals surface area contributed by atoms with Crippen molar-refractivity contribution in [1.82, 2.24) is 14.8 Å². The summed E-state index contributed by atoms with van der Waals surface area (Å²) in [6, 6.07) is 14.1. The van der Waals surface area contributed by atoms with E-state index in [4.69, 9.17) is 9.47 Å². The zero-order valence-corrected chi connectivity index (χ0v) is 19.4. The number of nitrogens with zero attached hydrogens (tertiary/aromatic N) is 3. The van der Waals surface area contributed by atoms with Crippen LogP contribution in [0.3, 0.4) is 0 Å². The molecule has 0 spiro atoms. The quantitative estimate of drug-likeness (QED) is 0.254. The van der Waals surface area contributed by atoms with E-state index in [0.29, 0.717) is 35.4 Å². The molecule has 0 bridgehead atoms. The summed E-state index contributed by atoms with van der Waals surface area (Å²) in [4.78, 5) is 24.3. The van der Waals surface area contributed by atoms with Crippen molar-refractivity contribution in [2.24, 2.45) is 0 Å². The maximum Gasteiger partial charge on any atom is 0.338 e. The van der Waals surface area contributed by atoms with Crippen LogP contribution in [-0.4, -0.2) is 46.1 Å². The Morgan fingerprint density at radius 1 is 1.12 bits per heavy atom. The number of methoxy groups -OCH3 is 1. The molecule has 33 heavy (non-hydrogen) atoms. The van der Waals surface area contributed by atoms with E-state index in [2.05, 4.69) is 22.1 Å². The summed E-state index contributed by atoms with van der Waals surface area (Å²) in [7, 11) is 1.62. The van der Waals surface area contributed by atoms with Gasteiger partial charge in [-0.05, 0) is 55.0 Å². The minimum absolute atomic E-state index is 0.151. The van der Waals surface area contributed by atoms with Gasteiger partial charge in [0.25, 0.3) is 0 Å². The fourth-order valence-corrected chi connectivity index (χ4v) is 3.69. The molecule has 1 aromatic heterocycles. The smallest absolute Gasteiger partial charge is 0.338 e. The first-order valence-electron chi connectivity index (χ1n) is 10.4. The first kappa shape index (κ1) is 24.1. The van der Waals surface area contributed by atoms with Crippen LogP contribution in [0, 0.1) is 0 Å². The van der Waals surface area contributed by atoms with Gasteiger partial charge in [0.2, 0.25) is 5.91 Å². The van der Waals surface area contributed by atoms with E-state index in [-0.39, 0.29) is 17.6 Å². The molecule has 3 aromatic rings. The molecule has 0 atom stereocenters. The highest BCUT2D eigenvalue weighted by molar-refractivity contribution is 7.99. The summed E-state index contributed by atoms with van der Waals surface area (Å²) in [5.41, 5.74) is 1.93. The monoisotopic (exact) mass is 466 g/mol. The van der Waals surface area contributed by atoms with Crippen LogP contribution in [0.1, 0.15) is 23.7 Å². The Morgan fingerprint density at radius 3 is 2.48 bits per heavy atom. The first-order valence-corrected chi connectivity index (χ1v) is 11.4. The zero-order valence-electron chi connectivity index (χ0n) is 18.6. The number of rotatable bonds is 11. The molecular weight excluding hydrogens is 440 g/mol. The average molecular weight is 467 g/mol. The summed E-state index contributed by atoms with van der Waals surface area (Å²) in [5, 5.41) is 12.0. The van der Waals surface area contributed by atoms with Gasteiger partial charge in [0.15, 0.2) is 11.0 Å². The number of hydrogen-bond donors (Lipinski definition) is 1. The Hall–Kier alpha value is -3.59. The lowest BCUT2D eigenvalue weighted by molar-refractivity contribution is -0.113. The van der Waals surface area contributed by atoms with Crippen LogP contribution in [0.4, 0.5) is 5.69 Å². The Kier molecular flexibility index (Phi) is 8.65. The van der Waals surface area contributed by atoms with Gasteiger partial charge in [0, 0.05) is 17.8 Å². The van der Waals surface area contributed by atoms with Crippen LogP contribution in [0.5, 0.6) is 5.75 Å². The topological polar surface area (TPSA) is 95.3 Å². The number of thioether (sulfide) groups is 1. The fraction of sp³-hybridized carbons (Fsp3) is 0.250. The highest BCUT2D eigenvalue weighted by Gasteiger charge is 2.15. The lowest BCUT2D eigenvalue weighted by atomic mass is 10.2. The van der Waals surface area contributed by atoms with Gasteiger partial charge in [-0.1, -0.05) is 24.8 Å². The first-order chi connectivity index (χ1) is 16.0. The maximum atomic E-state index is 12.4. The number of esters is 1. The number of allylic oxidation sites excluding steroid dienone is 1. The summed E-state index contributed by atoms with van der Waals surface area (Å²) < 4.78 is 12.2. The summed E-state index contributed by atoms with van der Waals surface area (Å²) in [6.45, 7) is 6.63. The van der Waals surface area contributed by atoms with Crippen molar-refractivity contribution >= 4 is 29.3 Å². The normalized spacial score (nSPS) is 10.5. The molecule has 2 aromatic carbocycles. The van der Waals surface area contributed by atoms with Gasteiger partial charge in [0.1, 0.15) is 5.75 Å². The molecule has 0 saturated heterocycles. The van der Waals surface area contributed by atoms with Crippen LogP contribution < -0.4 is 10.1 Å². The van der Waals surface area contributed by atoms with E-state index in [1.165, 1.54) is 11.8 Å². The standard InChI is InChI=1S/C24H26N4O4S/c1-4-14-28-22(17-8-12-20(31-3)13-9-17)26-27-24(28)33-16-21(29)25-19-10-6-18(7-11-19)23(30)32-15-5-2/h4,6-13H,1,5,14-16H2,2-3H3,(H,25,29). The Balaban J connectivity index is 1.62. The highest BCUT2D eigenvalue weighted by atomic mass is 32.2. The summed E-state index contributed by atoms with van der Waals surface area (Å²) in [5.74, 6) is 1.02. The zero-order chi connectivity index (χ0) is 23.6. The molecule has 0 radical (unpaired) electrons. The van der Waals surface area contributed by atoms with Crippen molar-refractivity contribution in [3.8, 4) is 17.1 Å². The Morgan fingerprint density at radius 2 is 1.85 bits per heavy atom. The Labute approximate surface area is 197 Å². The van der Waals surface area contributed by atoms with E-state index in [1.807, 2.05) is 35.8 Å². The van der Waals surface area contributed by atoms with Crippen molar-refractivity contribution in [2.45, 2.75) is 25.0 Å². The number of hydrogen-bond acceptors (Lipinski definition) is 7. The van der Waals surface area contributed by atoms with Gasteiger partial charge in [-0.2, -0.15) is 0 Å². The molecule has 1 heterocycles. The number of nitrogens with one attached hydrogen (secondary N) is 1. The summed E-state index contributed by atoms with van der Waals surface area (Å²) in [6.07, 6.45) is 2.52. The van der Waals surface area contributed by atoms with E-state index in [9.17, 15) is 9.59 Å². The van der Waals surface area contributed by atoms with Crippen molar-refractivity contribution in [2.75, 3.05) is 24.8 Å². The number of aromatic nitrogens is 3. The molecule has 0 unspecified atom stereocenters. The number of carbonyl (C=O) groups is 2. The van der Waals surface area contributed by atoms with Gasteiger partial charge >= 0.3 is 5.97 Å². The van der Waals surface area contributed by atoms with E-state index < -0.39 is 0 Å². The third-order valence-corrected chi connectivity index (χ3v) is 5.52. The van der Waals surface area contributed by atoms with Crippen LogP contribution in [-0.2, 0) is 16.1 Å². The number of carbonyl (C=O) groups excluding carboxylic acids is 2. The molecule has 3 rings (SSSR count). The van der Waals surface area contributed by atoms with Crippen molar-refractivity contribution in [1.29, 1.82) is 0 Å². The SMILES string of the molecule is C=CCn1c(SCC(=O)Nc2ccc(C(=O)OCCC)cc2)nnc1-c1ccc(OC)cc1. The second-order valence-electron chi connectivity index (χ2n) is 6.98. The van der Waals surface area contributed by atoms with Gasteiger partial charge in [-0.3, -0.25) is 9.36 Å². The van der Waals surface area contributed by atoms with Crippen molar-refractivity contribution in [3.05, 3.63) is 66.7 Å². The lowest BCUT2D eigenvalue weighted by Crippen LogP contribution is -2.15. The number of amides is 1. The summed E-state index contributed by atoms with van der Waals surface area (Å²) >= 11 is 1.29. The maximum absolute atomic E-state index is 12.4. The van der Waals surface area contributed by atoms with Crippen LogP contribution in [0.2, 0.25) is 0 Å². The average Bonchev–Trinajstić information content (AvgIpc) is 3.24. The van der Waals surface area contributed by atoms with Crippen LogP contribution in [0.25, 0.3) is 11.4 Å². The number of anilines is 1. The third kappa shape index (κ3) is 6.45. The molecule has 172 valence electrons. The molecule has 9 heteroatoms. The van der Waals surface area contributed by atoms with Crippen LogP contribution in [0.15, 0.2) is 66.3 Å². The molecule has 1 N–H and O–H groups in total. The predicted octanol–water partition coefficient (Wildman–Crippen LogP) is 4.44. The lowest BCUT2D eigenvalue weighted by Gasteiger charge is -2.09. The van der Waals surface area contributed by atoms with Gasteiger partial charge in [-0.25, -0.2) is 4.79 Å². The van der Waals surface area contributed by atoms with Gasteiger partial charge in [-0.15, -0.1) is 16.8 Å². The molecule has 1 amide bonds. The second-order valence-corrected chi connectivity index (χ2v) is 7.93. The van der Waals surface area contributed by atoms with Crippen LogP contribution >= 0.6 is 11.8 Å². The molecule has 0 aliphatic heterocycles. The van der Waals surface area contributed by atoms with E-state index in [0.717, 1.165) is 17.7 Å². The fourth-order valence-electron chi connectivity index (χ4n) is 2.94. The minimum Gasteiger partial charge on any atom is -0.497 e. The highest BCUT2D eigenvalue weighted by Crippen LogP contribution is 2.26. The van der Waals surface area contributed by atoms with Gasteiger partial charge in [0.05, 0.1) is 25.0 Å². The van der Waals surface area contributed by atoms with Crippen molar-refractivity contribution < 1.29 is 19.1 Å². The molecule has 8 nitrogen and oxygen atoms in total. The van der Waals surface area contributed by atoms with E-state index in [1.54, 1.807) is 37.5 Å². The predicted molar refractivity (Wildman–Crippen MR) is 129 cm³/mol. The number of ether oxygens (including phenoxy) is 2. The number of benzene rings is 2. The molecule has 0 aliphatic rings. The Bertz CT molecular complexity index is 1090. The molecule has 0 saturated carbocycles. The van der Waals surface area contributed by atoms with E-state index >= 15 is 0 Å². The second kappa shape index (κ2) is 11.9. The third-order valence-electron chi connectivity index (χ3n) is 4.55. The van der Waals surface area contributed by atoms with Crippen molar-refractivity contribution in [3.63, 3.8) is 0 Å². The van der Waals surface area contributed by atoms with Gasteiger partial charge < -0.3 is 14.8 Å². The largest absolute Gasteiger partial charge is 0.497 e. The molecular formula is C24H26N4O4S. The molecule has 0 fully saturated rings. The minimum atomic E-state index is -0.375.